The second kappa shape index (κ2) is 14.0. The maximum atomic E-state index is 13.6. The number of nitrogens with zero attached hydrogens (tertiary/aromatic N) is 2. The summed E-state index contributed by atoms with van der Waals surface area (Å²) in [5.41, 5.74) is 2.20. The highest BCUT2D eigenvalue weighted by atomic mass is 35.5. The van der Waals surface area contributed by atoms with Crippen molar-refractivity contribution in [2.45, 2.75) is 49.2 Å². The van der Waals surface area contributed by atoms with E-state index in [1.54, 1.807) is 30.6 Å². The van der Waals surface area contributed by atoms with Gasteiger partial charge in [0.1, 0.15) is 24.8 Å². The van der Waals surface area contributed by atoms with Crippen molar-refractivity contribution in [3.63, 3.8) is 0 Å². The third kappa shape index (κ3) is 6.39. The second-order valence-corrected chi connectivity index (χ2v) is 9.32. The number of alkyl halides is 1. The summed E-state index contributed by atoms with van der Waals surface area (Å²) < 4.78 is 5.52. The molecule has 2 amide bonds. The summed E-state index contributed by atoms with van der Waals surface area (Å²) >= 11 is 6.38. The zero-order valence-corrected chi connectivity index (χ0v) is 24.3. The number of aromatic nitrogens is 2. The number of fused-ring (bicyclic) bond motifs is 1. The van der Waals surface area contributed by atoms with Crippen molar-refractivity contribution < 1.29 is 19.1 Å². The van der Waals surface area contributed by atoms with Crippen LogP contribution in [-0.4, -0.2) is 69.4 Å². The van der Waals surface area contributed by atoms with Crippen LogP contribution in [0.3, 0.4) is 0 Å². The number of hydrogen-bond acceptors (Lipinski definition) is 5. The number of halogens is 1. The predicted octanol–water partition coefficient (Wildman–Crippen LogP) is 2.60. The molecule has 3 aliphatic rings. The number of amides is 2. The molecule has 36 heavy (non-hydrogen) atoms. The van der Waals surface area contributed by atoms with Crippen LogP contribution in [-0.2, 0) is 14.3 Å². The monoisotopic (exact) mass is 592 g/mol. The van der Waals surface area contributed by atoms with Gasteiger partial charge < -0.3 is 15.0 Å². The van der Waals surface area contributed by atoms with Crippen molar-refractivity contribution in [3.05, 3.63) is 42.2 Å². The van der Waals surface area contributed by atoms with Gasteiger partial charge in [0, 0.05) is 23.9 Å². The van der Waals surface area contributed by atoms with Crippen LogP contribution in [0.4, 0.5) is 0 Å². The van der Waals surface area contributed by atoms with E-state index in [9.17, 15) is 14.4 Å². The molecule has 1 aromatic heterocycles. The van der Waals surface area contributed by atoms with Crippen LogP contribution >= 0.6 is 65.6 Å². The van der Waals surface area contributed by atoms with Crippen molar-refractivity contribution >= 4 is 83.2 Å². The highest BCUT2D eigenvalue weighted by molar-refractivity contribution is 7.59. The van der Waals surface area contributed by atoms with Crippen LogP contribution in [0.25, 0.3) is 11.1 Å². The summed E-state index contributed by atoms with van der Waals surface area (Å²) in [4.78, 5) is 40.7. The Morgan fingerprint density at radius 2 is 1.86 bits per heavy atom. The van der Waals surface area contributed by atoms with E-state index in [-0.39, 0.29) is 90.6 Å². The Labute approximate surface area is 243 Å². The molecule has 0 spiro atoms. The first-order valence-corrected chi connectivity index (χ1v) is 11.5. The number of likely N-dealkylation sites (tertiary alicyclic amines) is 1. The summed E-state index contributed by atoms with van der Waals surface area (Å²) in [6.07, 6.45) is 6.74. The first kappa shape index (κ1) is 32.7. The lowest BCUT2D eigenvalue weighted by atomic mass is 9.95. The fourth-order valence-corrected chi connectivity index (χ4v) is 5.51. The first-order chi connectivity index (χ1) is 15.5. The molecule has 2 N–H and O–H groups in total. The predicted molar refractivity (Wildman–Crippen MR) is 159 cm³/mol. The third-order valence-corrected chi connectivity index (χ3v) is 7.17. The Morgan fingerprint density at radius 3 is 2.53 bits per heavy atom. The van der Waals surface area contributed by atoms with Gasteiger partial charge in [-0.25, -0.2) is 0 Å². The van der Waals surface area contributed by atoms with Crippen LogP contribution in [0.2, 0.25) is 0 Å². The minimum Gasteiger partial charge on any atom is -0.366 e. The maximum absolute atomic E-state index is 13.6. The van der Waals surface area contributed by atoms with Gasteiger partial charge in [-0.2, -0.15) is 59.1 Å². The number of Topliss-reactive ketones (excluding diaryl/α,β-unsaturated/α-hetero) is 1. The molecule has 1 aliphatic carbocycles. The Kier molecular flexibility index (Phi) is 12.7. The lowest BCUT2D eigenvalue weighted by molar-refractivity contribution is -0.139. The Hall–Kier alpha value is -1.31. The Morgan fingerprint density at radius 1 is 1.14 bits per heavy atom. The molecule has 2 aliphatic heterocycles. The molecule has 2 saturated heterocycles. The lowest BCUT2D eigenvalue weighted by Crippen LogP contribution is -2.54. The summed E-state index contributed by atoms with van der Waals surface area (Å²) in [5, 5.41) is 9.28. The molecule has 0 unspecified atom stereocenters. The molecule has 2 aromatic rings. The first-order valence-electron chi connectivity index (χ1n) is 11.0. The van der Waals surface area contributed by atoms with Gasteiger partial charge in [0.05, 0.1) is 11.6 Å². The molecule has 5 rings (SSSR count). The molecule has 0 bridgehead atoms. The Bertz CT molecular complexity index is 1040. The SMILES string of the molecule is O=C(N[C@H](C(=O)N1C[C@H](Cl)[C@H]2OCC(=O)[C@H]21)C1CCCC1)c1cccc(-c2cn[nH]c2)c1.S.S.S.S. The van der Waals surface area contributed by atoms with E-state index in [1.165, 1.54) is 4.90 Å². The van der Waals surface area contributed by atoms with Gasteiger partial charge in [0.25, 0.3) is 5.91 Å². The molecule has 0 radical (unpaired) electrons. The smallest absolute Gasteiger partial charge is 0.251 e. The number of nitrogens with one attached hydrogen (secondary N) is 2. The molecule has 8 nitrogen and oxygen atoms in total. The maximum Gasteiger partial charge on any atom is 0.251 e. The molecule has 200 valence electrons. The van der Waals surface area contributed by atoms with Gasteiger partial charge in [0.2, 0.25) is 5.91 Å². The van der Waals surface area contributed by atoms with Crippen molar-refractivity contribution in [1.82, 2.24) is 20.4 Å². The van der Waals surface area contributed by atoms with Crippen molar-refractivity contribution in [2.75, 3.05) is 13.2 Å². The van der Waals surface area contributed by atoms with Gasteiger partial charge in [-0.15, -0.1) is 11.6 Å². The number of H-pyrrole nitrogens is 1. The summed E-state index contributed by atoms with van der Waals surface area (Å²) in [6.45, 7) is 0.222. The lowest BCUT2D eigenvalue weighted by Gasteiger charge is -2.30. The average molecular weight is 593 g/mol. The van der Waals surface area contributed by atoms with Crippen molar-refractivity contribution in [2.24, 2.45) is 5.92 Å². The minimum absolute atomic E-state index is 0. The molecule has 1 aromatic carbocycles. The number of ketones is 1. The van der Waals surface area contributed by atoms with Gasteiger partial charge in [0.15, 0.2) is 5.78 Å². The number of benzene rings is 1. The third-order valence-electron chi connectivity index (χ3n) is 6.79. The van der Waals surface area contributed by atoms with E-state index in [0.717, 1.165) is 36.8 Å². The molecule has 3 fully saturated rings. The van der Waals surface area contributed by atoms with Crippen LogP contribution in [0.15, 0.2) is 36.7 Å². The molecular weight excluding hydrogens is 560 g/mol. The topological polar surface area (TPSA) is 104 Å². The van der Waals surface area contributed by atoms with Crippen molar-refractivity contribution in [3.8, 4) is 11.1 Å². The standard InChI is InChI=1S/C23H25ClN4O4.4H2S/c24-17-11-28(20-18(29)12-32-21(17)20)23(31)19(13-4-1-2-5-13)27-22(30)15-7-3-6-14(8-15)16-9-25-26-10-16;;;;/h3,6-10,13,17,19-21H,1-2,4-5,11-12H2,(H,25,26)(H,27,30);4*1H2/t17-,19-,20+,21+;;;;/m0..../s1. The number of carbonyl (C=O) groups excluding carboxylic acids is 3. The molecule has 3 heterocycles. The van der Waals surface area contributed by atoms with E-state index in [4.69, 9.17) is 16.3 Å². The fourth-order valence-electron chi connectivity index (χ4n) is 5.15. The van der Waals surface area contributed by atoms with E-state index < -0.39 is 23.6 Å². The summed E-state index contributed by atoms with van der Waals surface area (Å²) in [6, 6.07) is 5.86. The van der Waals surface area contributed by atoms with Crippen LogP contribution in [0, 0.1) is 5.92 Å². The zero-order chi connectivity index (χ0) is 22.2. The van der Waals surface area contributed by atoms with Gasteiger partial charge in [-0.1, -0.05) is 25.0 Å². The number of rotatable bonds is 5. The normalized spacial score (nSPS) is 23.4. The summed E-state index contributed by atoms with van der Waals surface area (Å²) in [5.74, 6) is -0.648. The number of ether oxygens (including phenoxy) is 1. The fraction of sp³-hybridized carbons (Fsp3) is 0.478. The van der Waals surface area contributed by atoms with Crippen LogP contribution in [0.5, 0.6) is 0 Å². The summed E-state index contributed by atoms with van der Waals surface area (Å²) in [7, 11) is 0. The largest absolute Gasteiger partial charge is 0.366 e. The highest BCUT2D eigenvalue weighted by Gasteiger charge is 2.53. The van der Waals surface area contributed by atoms with Crippen LogP contribution in [0.1, 0.15) is 36.0 Å². The van der Waals surface area contributed by atoms with E-state index in [2.05, 4.69) is 15.5 Å². The second-order valence-electron chi connectivity index (χ2n) is 8.76. The van der Waals surface area contributed by atoms with E-state index in [0.29, 0.717) is 5.56 Å². The molecule has 4 atom stereocenters. The zero-order valence-electron chi connectivity index (χ0n) is 19.5. The van der Waals surface area contributed by atoms with Crippen molar-refractivity contribution in [1.29, 1.82) is 0 Å². The molecule has 13 heteroatoms. The minimum atomic E-state index is -0.696. The molecule has 1 saturated carbocycles. The number of aromatic amines is 1. The van der Waals surface area contributed by atoms with Gasteiger partial charge in [-0.05, 0) is 36.5 Å². The van der Waals surface area contributed by atoms with Crippen LogP contribution < -0.4 is 5.32 Å². The van der Waals surface area contributed by atoms with E-state index >= 15 is 0 Å². The van der Waals surface area contributed by atoms with Gasteiger partial charge >= 0.3 is 0 Å². The average Bonchev–Trinajstić information content (AvgIpc) is 3.59. The van der Waals surface area contributed by atoms with Gasteiger partial charge in [-0.3, -0.25) is 19.5 Å². The quantitative estimate of drug-likeness (QED) is 0.520. The number of carbonyl (C=O) groups is 3. The Balaban J connectivity index is 0.00000162. The molecular formula is C23H33ClN4O4S4. The van der Waals surface area contributed by atoms with E-state index in [1.807, 2.05) is 6.07 Å². The number of hydrogen-bond donors (Lipinski definition) is 2. The highest BCUT2D eigenvalue weighted by Crippen LogP contribution is 2.34.